The normalized spacial score (nSPS) is 16.1. The molecule has 10 heteroatoms. The van der Waals surface area contributed by atoms with Crippen molar-refractivity contribution in [3.63, 3.8) is 0 Å². The van der Waals surface area contributed by atoms with Gasteiger partial charge in [-0.25, -0.2) is 0 Å². The van der Waals surface area contributed by atoms with E-state index in [0.29, 0.717) is 30.9 Å². The standard InChI is InChI=1S/C23H23F2N5O2S/c1-28(33-2)13-19-14-29(22(32)21-20(26-15-31)12-27-30(19)21)18-10-8-17(9-11-18)23(24,25)16-6-4-3-5-7-16/h3-12,15,19H,13-14H2,1-2H3,(H,26,31). The van der Waals surface area contributed by atoms with Crippen molar-refractivity contribution in [1.29, 1.82) is 0 Å². The summed E-state index contributed by atoms with van der Waals surface area (Å²) < 4.78 is 33.5. The van der Waals surface area contributed by atoms with Crippen molar-refractivity contribution in [2.45, 2.75) is 12.0 Å². The van der Waals surface area contributed by atoms with E-state index >= 15 is 0 Å². The van der Waals surface area contributed by atoms with Gasteiger partial charge in [0.05, 0.1) is 24.5 Å². The molecule has 7 nitrogen and oxygen atoms in total. The fourth-order valence-corrected chi connectivity index (χ4v) is 4.24. The fourth-order valence-electron chi connectivity index (χ4n) is 3.91. The predicted octanol–water partition coefficient (Wildman–Crippen LogP) is 4.00. The smallest absolute Gasteiger partial charge is 0.298 e. The summed E-state index contributed by atoms with van der Waals surface area (Å²) >= 11 is 1.54. The first-order valence-electron chi connectivity index (χ1n) is 10.3. The summed E-state index contributed by atoms with van der Waals surface area (Å²) in [5.41, 5.74) is 0.804. The average Bonchev–Trinajstić information content (AvgIpc) is 3.26. The topological polar surface area (TPSA) is 70.5 Å². The lowest BCUT2D eigenvalue weighted by atomic mass is 10.00. The Morgan fingerprint density at radius 1 is 1.18 bits per heavy atom. The molecular weight excluding hydrogens is 448 g/mol. The van der Waals surface area contributed by atoms with Crippen molar-refractivity contribution in [2.24, 2.45) is 0 Å². The molecule has 1 N–H and O–H groups in total. The zero-order valence-electron chi connectivity index (χ0n) is 18.1. The second-order valence-corrected chi connectivity index (χ2v) is 8.65. The predicted molar refractivity (Wildman–Crippen MR) is 125 cm³/mol. The molecule has 0 radical (unpaired) electrons. The summed E-state index contributed by atoms with van der Waals surface area (Å²) in [4.78, 5) is 25.9. The Labute approximate surface area is 194 Å². The number of aromatic nitrogens is 2. The second kappa shape index (κ2) is 9.32. The van der Waals surface area contributed by atoms with Crippen molar-refractivity contribution >= 4 is 35.6 Å². The quantitative estimate of drug-likeness (QED) is 0.397. The molecule has 1 unspecified atom stereocenters. The number of halogens is 2. The van der Waals surface area contributed by atoms with Gasteiger partial charge in [0.15, 0.2) is 5.69 Å². The maximum absolute atomic E-state index is 14.9. The molecule has 1 aromatic heterocycles. The maximum Gasteiger partial charge on any atom is 0.298 e. The summed E-state index contributed by atoms with van der Waals surface area (Å²) in [6.07, 6.45) is 3.88. The number of rotatable bonds is 8. The minimum absolute atomic E-state index is 0.0968. The molecule has 1 aliphatic rings. The van der Waals surface area contributed by atoms with Crippen LogP contribution in [0.5, 0.6) is 0 Å². The Hall–Kier alpha value is -3.24. The van der Waals surface area contributed by atoms with Crippen LogP contribution in [-0.2, 0) is 10.7 Å². The summed E-state index contributed by atoms with van der Waals surface area (Å²) in [6.45, 7) is 0.900. The van der Waals surface area contributed by atoms with Crippen molar-refractivity contribution < 1.29 is 18.4 Å². The van der Waals surface area contributed by atoms with Gasteiger partial charge in [0.2, 0.25) is 6.41 Å². The van der Waals surface area contributed by atoms with Crippen LogP contribution in [0.1, 0.15) is 27.7 Å². The number of hydrogen-bond donors (Lipinski definition) is 1. The van der Waals surface area contributed by atoms with Gasteiger partial charge in [0, 0.05) is 23.4 Å². The van der Waals surface area contributed by atoms with Crippen LogP contribution < -0.4 is 10.2 Å². The van der Waals surface area contributed by atoms with Gasteiger partial charge >= 0.3 is 0 Å². The van der Waals surface area contributed by atoms with E-state index < -0.39 is 5.92 Å². The van der Waals surface area contributed by atoms with E-state index in [-0.39, 0.29) is 28.8 Å². The first-order chi connectivity index (χ1) is 15.9. The average molecular weight is 472 g/mol. The minimum atomic E-state index is -3.16. The SMILES string of the molecule is CSN(C)CC1CN(c2ccc(C(F)(F)c3ccccc3)cc2)C(=O)c2c(NC=O)cnn21. The van der Waals surface area contributed by atoms with Gasteiger partial charge in [-0.3, -0.25) is 18.6 Å². The monoisotopic (exact) mass is 471 g/mol. The molecule has 33 heavy (non-hydrogen) atoms. The van der Waals surface area contributed by atoms with Crippen LogP contribution in [-0.4, -0.2) is 52.8 Å². The van der Waals surface area contributed by atoms with E-state index in [1.54, 1.807) is 34.8 Å². The zero-order chi connectivity index (χ0) is 23.6. The molecule has 0 aliphatic carbocycles. The number of anilines is 2. The second-order valence-electron chi connectivity index (χ2n) is 7.66. The highest BCUT2D eigenvalue weighted by atomic mass is 32.2. The summed E-state index contributed by atoms with van der Waals surface area (Å²) in [6, 6.07) is 13.2. The third-order valence-electron chi connectivity index (χ3n) is 5.65. The third kappa shape index (κ3) is 4.36. The van der Waals surface area contributed by atoms with E-state index in [9.17, 15) is 18.4 Å². The number of amides is 2. The summed E-state index contributed by atoms with van der Waals surface area (Å²) in [5, 5.41) is 6.84. The molecule has 2 heterocycles. The molecule has 0 spiro atoms. The third-order valence-corrected chi connectivity index (χ3v) is 6.43. The Balaban J connectivity index is 1.67. The van der Waals surface area contributed by atoms with Crippen LogP contribution >= 0.6 is 11.9 Å². The van der Waals surface area contributed by atoms with Crippen molar-refractivity contribution in [3.8, 4) is 0 Å². The number of carbonyl (C=O) groups excluding carboxylic acids is 2. The van der Waals surface area contributed by atoms with Crippen LogP contribution in [0, 0.1) is 0 Å². The number of nitrogens with one attached hydrogen (secondary N) is 1. The molecule has 4 rings (SSSR count). The molecular formula is C23H23F2N5O2S. The van der Waals surface area contributed by atoms with Crippen LogP contribution in [0.2, 0.25) is 0 Å². The molecule has 1 aliphatic heterocycles. The Morgan fingerprint density at radius 3 is 2.48 bits per heavy atom. The largest absolute Gasteiger partial charge is 0.325 e. The van der Waals surface area contributed by atoms with Crippen LogP contribution in [0.4, 0.5) is 20.2 Å². The maximum atomic E-state index is 14.9. The number of carbonyl (C=O) groups is 2. The lowest BCUT2D eigenvalue weighted by Crippen LogP contribution is -2.46. The van der Waals surface area contributed by atoms with Gasteiger partial charge in [0.1, 0.15) is 0 Å². The van der Waals surface area contributed by atoms with Gasteiger partial charge < -0.3 is 10.2 Å². The summed E-state index contributed by atoms with van der Waals surface area (Å²) in [7, 11) is 1.93. The van der Waals surface area contributed by atoms with Gasteiger partial charge in [-0.05, 0) is 25.4 Å². The van der Waals surface area contributed by atoms with Crippen LogP contribution in [0.15, 0.2) is 60.8 Å². The number of alkyl halides is 2. The molecule has 0 bridgehead atoms. The van der Waals surface area contributed by atoms with E-state index in [0.717, 1.165) is 0 Å². The molecule has 2 amide bonds. The number of hydrogen-bond acceptors (Lipinski definition) is 5. The minimum Gasteiger partial charge on any atom is -0.325 e. The first kappa shape index (κ1) is 22.9. The Bertz CT molecular complexity index is 1140. The van der Waals surface area contributed by atoms with Crippen molar-refractivity contribution in [3.05, 3.63) is 77.6 Å². The highest BCUT2D eigenvalue weighted by Crippen LogP contribution is 2.37. The van der Waals surface area contributed by atoms with Gasteiger partial charge in [-0.1, -0.05) is 54.4 Å². The van der Waals surface area contributed by atoms with E-state index in [2.05, 4.69) is 10.4 Å². The van der Waals surface area contributed by atoms with E-state index in [1.807, 2.05) is 17.6 Å². The van der Waals surface area contributed by atoms with Gasteiger partial charge in [-0.15, -0.1) is 0 Å². The van der Waals surface area contributed by atoms with Gasteiger partial charge in [-0.2, -0.15) is 13.9 Å². The summed E-state index contributed by atoms with van der Waals surface area (Å²) in [5.74, 6) is -3.52. The van der Waals surface area contributed by atoms with E-state index in [4.69, 9.17) is 0 Å². The van der Waals surface area contributed by atoms with Crippen LogP contribution in [0.3, 0.4) is 0 Å². The Morgan fingerprint density at radius 2 is 1.85 bits per heavy atom. The lowest BCUT2D eigenvalue weighted by Gasteiger charge is -2.35. The molecule has 172 valence electrons. The highest BCUT2D eigenvalue weighted by Gasteiger charge is 2.37. The van der Waals surface area contributed by atoms with Crippen LogP contribution in [0.25, 0.3) is 0 Å². The molecule has 0 saturated heterocycles. The zero-order valence-corrected chi connectivity index (χ0v) is 18.9. The fraction of sp³-hybridized carbons (Fsp3) is 0.261. The van der Waals surface area contributed by atoms with Gasteiger partial charge in [0.25, 0.3) is 11.8 Å². The number of benzene rings is 2. The molecule has 3 aromatic rings. The number of likely N-dealkylation sites (N-methyl/N-ethyl adjacent to an activating group) is 1. The number of fused-ring (bicyclic) bond motifs is 1. The molecule has 1 atom stereocenters. The first-order valence-corrected chi connectivity index (χ1v) is 11.4. The Kier molecular flexibility index (Phi) is 6.48. The number of nitrogens with zero attached hydrogens (tertiary/aromatic N) is 4. The highest BCUT2D eigenvalue weighted by molar-refractivity contribution is 7.96. The molecule has 2 aromatic carbocycles. The van der Waals surface area contributed by atoms with Crippen molar-refractivity contribution in [2.75, 3.05) is 36.6 Å². The van der Waals surface area contributed by atoms with Crippen molar-refractivity contribution in [1.82, 2.24) is 14.1 Å². The molecule has 0 saturated carbocycles. The lowest BCUT2D eigenvalue weighted by molar-refractivity contribution is -0.105. The van der Waals surface area contributed by atoms with E-state index in [1.165, 1.54) is 47.5 Å². The molecule has 0 fully saturated rings.